The molecule has 1 atom stereocenters. The number of pyridine rings is 1. The number of esters is 1. The molecule has 3 aromatic rings. The van der Waals surface area contributed by atoms with E-state index in [1.54, 1.807) is 38.4 Å². The summed E-state index contributed by atoms with van der Waals surface area (Å²) in [6.07, 6.45) is 1.60. The van der Waals surface area contributed by atoms with E-state index in [0.717, 1.165) is 10.1 Å². The van der Waals surface area contributed by atoms with Gasteiger partial charge in [-0.25, -0.2) is 9.59 Å². The number of hydrogen-bond acceptors (Lipinski definition) is 6. The Balaban J connectivity index is 1.84. The Morgan fingerprint density at radius 1 is 1.06 bits per heavy atom. The van der Waals surface area contributed by atoms with Crippen LogP contribution in [0.15, 0.2) is 75.6 Å². The van der Waals surface area contributed by atoms with E-state index in [9.17, 15) is 14.4 Å². The molecule has 158 valence electrons. The lowest BCUT2D eigenvalue weighted by Crippen LogP contribution is -2.43. The molecule has 3 heterocycles. The number of hydrogen-bond donors (Lipinski definition) is 1. The number of aromatic nitrogens is 3. The monoisotopic (exact) mass is 418 g/mol. The molecule has 0 unspecified atom stereocenters. The molecule has 0 spiro atoms. The Bertz CT molecular complexity index is 1290. The summed E-state index contributed by atoms with van der Waals surface area (Å²) in [6.45, 7) is 1.82. The lowest BCUT2D eigenvalue weighted by molar-refractivity contribution is -0.140. The molecule has 0 amide bonds. The van der Waals surface area contributed by atoms with Gasteiger partial charge in [-0.05, 0) is 24.6 Å². The van der Waals surface area contributed by atoms with Gasteiger partial charge < -0.3 is 10.1 Å². The number of ether oxygens (including phenoxy) is 1. The van der Waals surface area contributed by atoms with Crippen molar-refractivity contribution in [2.45, 2.75) is 19.4 Å². The molecular weight excluding hydrogens is 396 g/mol. The topological polar surface area (TPSA) is 95.2 Å². The molecule has 8 nitrogen and oxygen atoms in total. The number of fused-ring (bicyclic) bond motifs is 1. The molecule has 4 rings (SSSR count). The molecule has 1 aromatic carbocycles. The van der Waals surface area contributed by atoms with Crippen molar-refractivity contribution in [1.82, 2.24) is 14.1 Å². The minimum Gasteiger partial charge on any atom is -0.457 e. The van der Waals surface area contributed by atoms with Crippen molar-refractivity contribution < 1.29 is 9.53 Å². The minimum absolute atomic E-state index is 0.101. The molecule has 0 saturated carbocycles. The first kappa shape index (κ1) is 20.3. The second kappa shape index (κ2) is 8.06. The summed E-state index contributed by atoms with van der Waals surface area (Å²) in [4.78, 5) is 43.2. The Hall–Kier alpha value is -3.94. The van der Waals surface area contributed by atoms with Gasteiger partial charge in [0.1, 0.15) is 12.4 Å². The van der Waals surface area contributed by atoms with Crippen LogP contribution in [0.1, 0.15) is 29.7 Å². The van der Waals surface area contributed by atoms with Gasteiger partial charge in [0.05, 0.1) is 22.7 Å². The smallest absolute Gasteiger partial charge is 0.337 e. The Kier molecular flexibility index (Phi) is 5.29. The van der Waals surface area contributed by atoms with Gasteiger partial charge in [-0.1, -0.05) is 36.4 Å². The first-order valence-corrected chi connectivity index (χ1v) is 9.79. The summed E-state index contributed by atoms with van der Waals surface area (Å²) in [5, 5.41) is 3.07. The number of rotatable bonds is 4. The molecule has 0 radical (unpaired) electrons. The standard InChI is InChI=1S/C23H22N4O4/c1-14-17(22(29)31-13-15-9-5-4-6-10-15)18(16-11-7-8-12-24-16)19-20(25-14)26(2)23(30)27(3)21(19)28/h4-12,18,25H,13H2,1-3H3/t18-/m1/s1. The maximum absolute atomic E-state index is 13.2. The van der Waals surface area contributed by atoms with Crippen LogP contribution in [0.2, 0.25) is 0 Å². The average Bonchev–Trinajstić information content (AvgIpc) is 2.80. The zero-order valence-corrected chi connectivity index (χ0v) is 17.5. The number of benzene rings is 1. The third kappa shape index (κ3) is 3.56. The second-order valence-electron chi connectivity index (χ2n) is 7.38. The van der Waals surface area contributed by atoms with Crippen molar-refractivity contribution in [3.63, 3.8) is 0 Å². The van der Waals surface area contributed by atoms with Crippen LogP contribution in [0.25, 0.3) is 0 Å². The molecular formula is C23H22N4O4. The van der Waals surface area contributed by atoms with Crippen molar-refractivity contribution in [2.75, 3.05) is 5.32 Å². The van der Waals surface area contributed by atoms with E-state index in [1.807, 2.05) is 30.3 Å². The summed E-state index contributed by atoms with van der Waals surface area (Å²) >= 11 is 0. The van der Waals surface area contributed by atoms with E-state index in [-0.39, 0.29) is 17.7 Å². The molecule has 0 bridgehead atoms. The van der Waals surface area contributed by atoms with Crippen molar-refractivity contribution in [1.29, 1.82) is 0 Å². The SMILES string of the molecule is CC1=C(C(=O)OCc2ccccc2)[C@@H](c2ccccn2)c2c(n(C)c(=O)n(C)c2=O)N1. The first-order chi connectivity index (χ1) is 14.9. The number of allylic oxidation sites excluding steroid dienone is 1. The summed E-state index contributed by atoms with van der Waals surface area (Å²) in [5.41, 5.74) is 1.50. The summed E-state index contributed by atoms with van der Waals surface area (Å²) in [6, 6.07) is 14.7. The van der Waals surface area contributed by atoms with Crippen LogP contribution in [0.4, 0.5) is 5.82 Å². The fourth-order valence-corrected chi connectivity index (χ4v) is 3.80. The molecule has 8 heteroatoms. The quantitative estimate of drug-likeness (QED) is 0.652. The predicted molar refractivity (Wildman–Crippen MR) is 116 cm³/mol. The average molecular weight is 418 g/mol. The van der Waals surface area contributed by atoms with Gasteiger partial charge in [-0.3, -0.25) is 18.9 Å². The van der Waals surface area contributed by atoms with E-state index < -0.39 is 23.1 Å². The number of nitrogens with zero attached hydrogens (tertiary/aromatic N) is 3. The summed E-state index contributed by atoms with van der Waals surface area (Å²) in [7, 11) is 2.99. The molecule has 1 aliphatic rings. The van der Waals surface area contributed by atoms with Crippen LogP contribution in [0.5, 0.6) is 0 Å². The maximum Gasteiger partial charge on any atom is 0.337 e. The van der Waals surface area contributed by atoms with Crippen molar-refractivity contribution in [3.8, 4) is 0 Å². The molecule has 1 aliphatic heterocycles. The highest BCUT2D eigenvalue weighted by Crippen LogP contribution is 2.39. The van der Waals surface area contributed by atoms with E-state index in [1.165, 1.54) is 11.6 Å². The van der Waals surface area contributed by atoms with Crippen LogP contribution >= 0.6 is 0 Å². The van der Waals surface area contributed by atoms with Gasteiger partial charge in [-0.2, -0.15) is 0 Å². The van der Waals surface area contributed by atoms with E-state index in [0.29, 0.717) is 17.2 Å². The highest BCUT2D eigenvalue weighted by molar-refractivity contribution is 5.94. The van der Waals surface area contributed by atoms with Gasteiger partial charge in [0.25, 0.3) is 5.56 Å². The fourth-order valence-electron chi connectivity index (χ4n) is 3.80. The van der Waals surface area contributed by atoms with E-state index in [4.69, 9.17) is 4.74 Å². The highest BCUT2D eigenvalue weighted by Gasteiger charge is 2.38. The molecule has 0 fully saturated rings. The molecule has 1 N–H and O–H groups in total. The van der Waals surface area contributed by atoms with E-state index in [2.05, 4.69) is 10.3 Å². The maximum atomic E-state index is 13.2. The lowest BCUT2D eigenvalue weighted by Gasteiger charge is -2.30. The van der Waals surface area contributed by atoms with Crippen molar-refractivity contribution in [3.05, 3.63) is 104 Å². The highest BCUT2D eigenvalue weighted by atomic mass is 16.5. The van der Waals surface area contributed by atoms with Crippen LogP contribution in [-0.2, 0) is 30.2 Å². The van der Waals surface area contributed by atoms with Crippen molar-refractivity contribution in [2.24, 2.45) is 14.1 Å². The number of nitrogens with one attached hydrogen (secondary N) is 1. The van der Waals surface area contributed by atoms with Gasteiger partial charge >= 0.3 is 11.7 Å². The van der Waals surface area contributed by atoms with Crippen LogP contribution in [0.3, 0.4) is 0 Å². The Morgan fingerprint density at radius 3 is 2.45 bits per heavy atom. The zero-order valence-electron chi connectivity index (χ0n) is 17.5. The van der Waals surface area contributed by atoms with Crippen LogP contribution in [-0.4, -0.2) is 20.1 Å². The molecule has 2 aromatic heterocycles. The predicted octanol–water partition coefficient (Wildman–Crippen LogP) is 2.05. The number of anilines is 1. The molecule has 0 aliphatic carbocycles. The third-order valence-corrected chi connectivity index (χ3v) is 5.40. The normalized spacial score (nSPS) is 15.3. The largest absolute Gasteiger partial charge is 0.457 e. The Labute approximate surface area is 178 Å². The second-order valence-corrected chi connectivity index (χ2v) is 7.38. The molecule has 0 saturated heterocycles. The lowest BCUT2D eigenvalue weighted by atomic mass is 9.84. The third-order valence-electron chi connectivity index (χ3n) is 5.40. The van der Waals surface area contributed by atoms with Gasteiger partial charge in [0.2, 0.25) is 0 Å². The van der Waals surface area contributed by atoms with E-state index >= 15 is 0 Å². The van der Waals surface area contributed by atoms with Crippen LogP contribution < -0.4 is 16.6 Å². The minimum atomic E-state index is -0.772. The fraction of sp³-hybridized carbons (Fsp3) is 0.217. The van der Waals surface area contributed by atoms with Gasteiger partial charge in [0.15, 0.2) is 0 Å². The zero-order chi connectivity index (χ0) is 22.1. The van der Waals surface area contributed by atoms with Crippen molar-refractivity contribution >= 4 is 11.8 Å². The van der Waals surface area contributed by atoms with Gasteiger partial charge in [0, 0.05) is 26.0 Å². The number of carbonyl (C=O) groups is 1. The molecule has 31 heavy (non-hydrogen) atoms. The Morgan fingerprint density at radius 2 is 1.77 bits per heavy atom. The summed E-state index contributed by atoms with van der Waals surface area (Å²) < 4.78 is 7.98. The summed E-state index contributed by atoms with van der Waals surface area (Å²) in [5.74, 6) is -0.974. The first-order valence-electron chi connectivity index (χ1n) is 9.79. The van der Waals surface area contributed by atoms with Gasteiger partial charge in [-0.15, -0.1) is 0 Å². The number of carbonyl (C=O) groups excluding carboxylic acids is 1. The van der Waals surface area contributed by atoms with Crippen LogP contribution in [0, 0.1) is 0 Å².